The molecule has 0 amide bonds. The molecule has 3 nitrogen and oxygen atoms in total. The molecule has 0 saturated carbocycles. The van der Waals surface area contributed by atoms with Crippen LogP contribution in [0, 0.1) is 0 Å². The molecule has 3 heteroatoms. The largest absolute Gasteiger partial charge is 0.310 e. The van der Waals surface area contributed by atoms with Crippen LogP contribution >= 0.6 is 0 Å². The van der Waals surface area contributed by atoms with Crippen molar-refractivity contribution in [2.45, 2.75) is 97.8 Å². The highest BCUT2D eigenvalue weighted by Gasteiger charge is 2.37. The van der Waals surface area contributed by atoms with Crippen molar-refractivity contribution >= 4 is 83.0 Å². The molecule has 13 aromatic rings. The zero-order valence-electron chi connectivity index (χ0n) is 49.3. The Kier molecular flexibility index (Phi) is 11.6. The van der Waals surface area contributed by atoms with Gasteiger partial charge in [-0.05, 0) is 197 Å². The first kappa shape index (κ1) is 51.2. The van der Waals surface area contributed by atoms with Gasteiger partial charge in [0.1, 0.15) is 0 Å². The molecule has 1 aliphatic carbocycles. The zero-order chi connectivity index (χ0) is 56.6. The minimum Gasteiger partial charge on any atom is -0.310 e. The van der Waals surface area contributed by atoms with E-state index in [0.717, 1.165) is 34.1 Å². The van der Waals surface area contributed by atoms with Crippen molar-refractivity contribution in [3.8, 4) is 33.4 Å². The van der Waals surface area contributed by atoms with Crippen LogP contribution in [0.25, 0.3) is 82.2 Å². The standard InChI is InChI=1S/C79H71N3/c1-76(2,3)56-26-34-61(35-27-56)80(59-30-22-52(23-31-59)50-18-14-12-15-19-50)63-38-40-65-67-42-54-43-68-70-47-58(78(7,8)9)46-69-66-41-39-64(49-74(66)82(75(69)70)73(68)45-55(54)44-71(67)79(10,11)72(65)48-63)81(62-36-28-57(29-37-62)77(4,5)6)60-32-24-53(25-33-60)51-20-16-13-17-21-51/h12-49H,1-11H3. The molecule has 11 aromatic carbocycles. The van der Waals surface area contributed by atoms with Crippen LogP contribution in [0.4, 0.5) is 34.1 Å². The number of aromatic nitrogens is 1. The zero-order valence-corrected chi connectivity index (χ0v) is 49.3. The predicted octanol–water partition coefficient (Wildman–Crippen LogP) is 22.5. The van der Waals surface area contributed by atoms with Gasteiger partial charge in [-0.3, -0.25) is 0 Å². The van der Waals surface area contributed by atoms with Gasteiger partial charge >= 0.3 is 0 Å². The molecule has 0 bridgehead atoms. The van der Waals surface area contributed by atoms with Crippen molar-refractivity contribution in [3.63, 3.8) is 0 Å². The molecule has 402 valence electrons. The fourth-order valence-corrected chi connectivity index (χ4v) is 13.2. The van der Waals surface area contributed by atoms with Gasteiger partial charge in [0.05, 0.1) is 16.6 Å². The lowest BCUT2D eigenvalue weighted by Crippen LogP contribution is -2.17. The van der Waals surface area contributed by atoms with Crippen molar-refractivity contribution in [1.82, 2.24) is 4.40 Å². The highest BCUT2D eigenvalue weighted by atomic mass is 15.1. The summed E-state index contributed by atoms with van der Waals surface area (Å²) < 4.78 is 2.58. The molecular formula is C79H71N3. The number of rotatable bonds is 8. The average molecular weight is 1060 g/mol. The molecule has 2 aromatic heterocycles. The summed E-state index contributed by atoms with van der Waals surface area (Å²) in [7, 11) is 0. The molecule has 1 aliphatic rings. The van der Waals surface area contributed by atoms with E-state index in [1.54, 1.807) is 0 Å². The molecular weight excluding hydrogens is 991 g/mol. The second-order valence-corrected chi connectivity index (χ2v) is 26.8. The molecule has 82 heavy (non-hydrogen) atoms. The van der Waals surface area contributed by atoms with Crippen molar-refractivity contribution in [3.05, 3.63) is 258 Å². The maximum absolute atomic E-state index is 2.58. The van der Waals surface area contributed by atoms with Gasteiger partial charge in [-0.25, -0.2) is 0 Å². The van der Waals surface area contributed by atoms with Crippen LogP contribution in [0.15, 0.2) is 231 Å². The Morgan fingerprint density at radius 3 is 1.21 bits per heavy atom. The van der Waals surface area contributed by atoms with Crippen LogP contribution in [0.2, 0.25) is 0 Å². The van der Waals surface area contributed by atoms with E-state index in [9.17, 15) is 0 Å². The van der Waals surface area contributed by atoms with Crippen LogP contribution in [0.5, 0.6) is 0 Å². The number of fused-ring (bicyclic) bond motifs is 10. The van der Waals surface area contributed by atoms with Gasteiger partial charge < -0.3 is 14.2 Å². The third-order valence-electron chi connectivity index (χ3n) is 17.9. The number of hydrogen-bond donors (Lipinski definition) is 0. The summed E-state index contributed by atoms with van der Waals surface area (Å²) in [6.45, 7) is 25.6. The Morgan fingerprint density at radius 2 is 0.707 bits per heavy atom. The summed E-state index contributed by atoms with van der Waals surface area (Å²) in [4.78, 5) is 4.86. The van der Waals surface area contributed by atoms with E-state index < -0.39 is 0 Å². The van der Waals surface area contributed by atoms with E-state index in [1.165, 1.54) is 110 Å². The van der Waals surface area contributed by atoms with Crippen LogP contribution in [0.3, 0.4) is 0 Å². The van der Waals surface area contributed by atoms with Crippen LogP contribution in [-0.2, 0) is 21.7 Å². The summed E-state index contributed by atoms with van der Waals surface area (Å²) in [6.07, 6.45) is 0. The first-order valence-electron chi connectivity index (χ1n) is 29.3. The van der Waals surface area contributed by atoms with Gasteiger partial charge in [0.2, 0.25) is 0 Å². The maximum atomic E-state index is 2.58. The minimum atomic E-state index is -0.256. The smallest absolute Gasteiger partial charge is 0.0620 e. The van der Waals surface area contributed by atoms with Gasteiger partial charge in [-0.2, -0.15) is 0 Å². The number of benzene rings is 11. The molecule has 0 atom stereocenters. The fraction of sp³-hybridized carbons (Fsp3) is 0.190. The molecule has 14 rings (SSSR count). The predicted molar refractivity (Wildman–Crippen MR) is 353 cm³/mol. The third-order valence-corrected chi connectivity index (χ3v) is 17.9. The Hall–Kier alpha value is -8.92. The topological polar surface area (TPSA) is 10.9 Å². The summed E-state index contributed by atoms with van der Waals surface area (Å²) >= 11 is 0. The highest BCUT2D eigenvalue weighted by molar-refractivity contribution is 6.25. The fourth-order valence-electron chi connectivity index (χ4n) is 13.2. The first-order valence-corrected chi connectivity index (χ1v) is 29.3. The lowest BCUT2D eigenvalue weighted by Gasteiger charge is -2.29. The molecule has 0 radical (unpaired) electrons. The number of anilines is 6. The van der Waals surface area contributed by atoms with Crippen LogP contribution < -0.4 is 9.80 Å². The summed E-state index contributed by atoms with van der Waals surface area (Å²) in [6, 6.07) is 87.1. The third kappa shape index (κ3) is 8.46. The molecule has 0 saturated heterocycles. The average Bonchev–Trinajstić information content (AvgIpc) is 3.34. The molecule has 0 N–H and O–H groups in total. The SMILES string of the molecule is CC(C)(C)c1ccc(N(c2ccc(-c3ccccc3)cc2)c2ccc3c(c2)C(C)(C)c2cc4cc5c(cc4cc2-3)c2cc(C(C)(C)C)cc3c4ccc(N(c6ccc(-c7ccccc7)cc6)c6ccc(C(C)(C)C)cc6)cc4n5c32)cc1. The van der Waals surface area contributed by atoms with E-state index >= 15 is 0 Å². The van der Waals surface area contributed by atoms with E-state index in [1.807, 2.05) is 0 Å². The van der Waals surface area contributed by atoms with Gasteiger partial charge in [0.15, 0.2) is 0 Å². The highest BCUT2D eigenvalue weighted by Crippen LogP contribution is 2.53. The molecule has 0 spiro atoms. The van der Waals surface area contributed by atoms with E-state index in [-0.39, 0.29) is 21.7 Å². The lowest BCUT2D eigenvalue weighted by molar-refractivity contribution is 0.590. The maximum Gasteiger partial charge on any atom is 0.0620 e. The molecule has 0 unspecified atom stereocenters. The van der Waals surface area contributed by atoms with Crippen molar-refractivity contribution in [2.75, 3.05) is 9.80 Å². The van der Waals surface area contributed by atoms with Crippen molar-refractivity contribution < 1.29 is 0 Å². The van der Waals surface area contributed by atoms with Gasteiger partial charge in [-0.1, -0.05) is 197 Å². The van der Waals surface area contributed by atoms with Crippen LogP contribution in [-0.4, -0.2) is 4.40 Å². The van der Waals surface area contributed by atoms with Crippen molar-refractivity contribution in [2.24, 2.45) is 0 Å². The first-order chi connectivity index (χ1) is 39.3. The number of hydrogen-bond acceptors (Lipinski definition) is 2. The summed E-state index contributed by atoms with van der Waals surface area (Å²) in [5, 5.41) is 7.69. The Morgan fingerprint density at radius 1 is 0.305 bits per heavy atom. The normalized spacial score (nSPS) is 13.4. The van der Waals surface area contributed by atoms with E-state index in [4.69, 9.17) is 0 Å². The number of nitrogens with zero attached hydrogens (tertiary/aromatic N) is 3. The lowest BCUT2D eigenvalue weighted by atomic mass is 9.81. The Balaban J connectivity index is 0.919. The second-order valence-electron chi connectivity index (χ2n) is 26.8. The van der Waals surface area contributed by atoms with Gasteiger partial charge in [-0.15, -0.1) is 0 Å². The Bertz CT molecular complexity index is 4580. The van der Waals surface area contributed by atoms with Gasteiger partial charge in [0, 0.05) is 61.1 Å². The van der Waals surface area contributed by atoms with E-state index in [2.05, 4.69) is 321 Å². The van der Waals surface area contributed by atoms with E-state index in [0.29, 0.717) is 0 Å². The summed E-state index contributed by atoms with van der Waals surface area (Å²) in [5.74, 6) is 0. The monoisotopic (exact) mass is 1060 g/mol. The second kappa shape index (κ2) is 18.6. The molecule has 2 heterocycles. The van der Waals surface area contributed by atoms with Gasteiger partial charge in [0.25, 0.3) is 0 Å². The minimum absolute atomic E-state index is 0.0409. The quantitative estimate of drug-likeness (QED) is 0.150. The van der Waals surface area contributed by atoms with Crippen molar-refractivity contribution in [1.29, 1.82) is 0 Å². The summed E-state index contributed by atoms with van der Waals surface area (Å²) in [5.41, 5.74) is 24.5. The molecule has 0 aliphatic heterocycles. The Labute approximate surface area is 484 Å². The van der Waals surface area contributed by atoms with Crippen LogP contribution in [0.1, 0.15) is 104 Å². The molecule has 0 fully saturated rings.